The number of carbonyl (C=O) groups excluding carboxylic acids is 1. The summed E-state index contributed by atoms with van der Waals surface area (Å²) in [6, 6.07) is 21.5. The fourth-order valence-electron chi connectivity index (χ4n) is 3.39. The molecule has 2 heterocycles. The van der Waals surface area contributed by atoms with Crippen LogP contribution in [0, 0.1) is 0 Å². The number of pyridine rings is 1. The van der Waals surface area contributed by atoms with E-state index >= 15 is 0 Å². The topological polar surface area (TPSA) is 81.1 Å². The number of hydrogen-bond donors (Lipinski definition) is 0. The fraction of sp³-hybridized carbons (Fsp3) is 0.217. The Morgan fingerprint density at radius 3 is 2.39 bits per heavy atom. The van der Waals surface area contributed by atoms with Crippen LogP contribution < -0.4 is 8.92 Å². The highest BCUT2D eigenvalue weighted by molar-refractivity contribution is 7.70. The minimum atomic E-state index is -1.85. The van der Waals surface area contributed by atoms with Gasteiger partial charge in [-0.2, -0.15) is 0 Å². The molecular formula is C23H22N3O4S-. The molecule has 1 fully saturated rings. The fourth-order valence-corrected chi connectivity index (χ4v) is 3.99. The van der Waals surface area contributed by atoms with Crippen LogP contribution in [0.5, 0.6) is 11.5 Å². The zero-order chi connectivity index (χ0) is 21.5. The normalized spacial score (nSPS) is 17.2. The van der Waals surface area contributed by atoms with E-state index in [4.69, 9.17) is 8.92 Å². The van der Waals surface area contributed by atoms with Gasteiger partial charge in [0.2, 0.25) is 0 Å². The quantitative estimate of drug-likeness (QED) is 0.512. The van der Waals surface area contributed by atoms with Crippen molar-refractivity contribution in [1.29, 1.82) is 0 Å². The van der Waals surface area contributed by atoms with Crippen LogP contribution in [0.3, 0.4) is 0 Å². The molecule has 0 bridgehead atoms. The third-order valence-corrected chi connectivity index (χ3v) is 5.60. The van der Waals surface area contributed by atoms with Gasteiger partial charge in [0.1, 0.15) is 11.5 Å². The van der Waals surface area contributed by atoms with Gasteiger partial charge >= 0.3 is 6.09 Å². The van der Waals surface area contributed by atoms with Crippen molar-refractivity contribution < 1.29 is 17.9 Å². The van der Waals surface area contributed by atoms with Gasteiger partial charge in [-0.15, -0.1) is 0 Å². The lowest BCUT2D eigenvalue weighted by atomic mass is 9.94. The number of para-hydroxylation sites is 2. The molecule has 1 saturated heterocycles. The molecule has 8 heteroatoms. The van der Waals surface area contributed by atoms with E-state index in [1.807, 2.05) is 30.3 Å². The van der Waals surface area contributed by atoms with E-state index in [1.165, 1.54) is 0 Å². The third-order valence-electron chi connectivity index (χ3n) is 4.91. The standard InChI is InChI=1S/C23H22N3O4S/c27-23(29-20-9-3-1-4-10-20)26-15-7-8-18(17-26)22-14-13-19(16-24-22)25-31(28)30-21-11-5-2-6-12-21/h1-6,9-14,16,18H,7-8,15,17H2/q-1. The molecule has 31 heavy (non-hydrogen) atoms. The van der Waals surface area contributed by atoms with Crippen LogP contribution in [0.4, 0.5) is 10.5 Å². The number of benzene rings is 2. The lowest BCUT2D eigenvalue weighted by Crippen LogP contribution is -2.40. The van der Waals surface area contributed by atoms with Crippen LogP contribution in [0.1, 0.15) is 24.5 Å². The molecule has 2 aromatic carbocycles. The first-order valence-electron chi connectivity index (χ1n) is 10.0. The van der Waals surface area contributed by atoms with Crippen LogP contribution in [0.15, 0.2) is 83.4 Å². The highest BCUT2D eigenvalue weighted by Gasteiger charge is 2.26. The van der Waals surface area contributed by atoms with Gasteiger partial charge < -0.3 is 22.4 Å². The highest BCUT2D eigenvalue weighted by Crippen LogP contribution is 2.27. The smallest absolute Gasteiger partial charge is 0.415 e. The second-order valence-corrected chi connectivity index (χ2v) is 7.90. The maximum Gasteiger partial charge on any atom is 0.415 e. The molecule has 0 radical (unpaired) electrons. The number of ether oxygens (including phenoxy) is 1. The van der Waals surface area contributed by atoms with Gasteiger partial charge in [0, 0.05) is 24.7 Å². The minimum absolute atomic E-state index is 0.109. The largest absolute Gasteiger partial charge is 0.546 e. The predicted octanol–water partition coefficient (Wildman–Crippen LogP) is 5.23. The Morgan fingerprint density at radius 1 is 1.00 bits per heavy atom. The van der Waals surface area contributed by atoms with Crippen LogP contribution in [0.25, 0.3) is 0 Å². The Hall–Kier alpha value is -3.39. The summed E-state index contributed by atoms with van der Waals surface area (Å²) in [6.45, 7) is 1.20. The molecule has 1 unspecified atom stereocenters. The molecule has 3 aromatic rings. The van der Waals surface area contributed by atoms with Crippen molar-refractivity contribution in [3.8, 4) is 11.5 Å². The van der Waals surface area contributed by atoms with Crippen molar-refractivity contribution in [2.24, 2.45) is 4.36 Å². The molecule has 1 atom stereocenters. The molecule has 1 aromatic heterocycles. The average molecular weight is 437 g/mol. The molecule has 0 aliphatic carbocycles. The Labute approximate surface area is 183 Å². The summed E-state index contributed by atoms with van der Waals surface area (Å²) in [4.78, 5) is 18.7. The van der Waals surface area contributed by atoms with Crippen LogP contribution in [0.2, 0.25) is 0 Å². The number of hydrogen-bond acceptors (Lipinski definition) is 7. The van der Waals surface area contributed by atoms with Crippen molar-refractivity contribution in [3.63, 3.8) is 0 Å². The van der Waals surface area contributed by atoms with E-state index in [0.29, 0.717) is 30.3 Å². The van der Waals surface area contributed by atoms with E-state index in [0.717, 1.165) is 18.5 Å². The van der Waals surface area contributed by atoms with E-state index in [-0.39, 0.29) is 12.0 Å². The summed E-state index contributed by atoms with van der Waals surface area (Å²) < 4.78 is 26.8. The zero-order valence-corrected chi connectivity index (χ0v) is 17.6. The van der Waals surface area contributed by atoms with E-state index in [1.54, 1.807) is 53.6 Å². The van der Waals surface area contributed by atoms with Gasteiger partial charge in [-0.25, -0.2) is 4.79 Å². The summed E-state index contributed by atoms with van der Waals surface area (Å²) in [6.07, 6.45) is 3.03. The van der Waals surface area contributed by atoms with Crippen molar-refractivity contribution >= 4 is 22.7 Å². The molecule has 0 saturated carbocycles. The molecule has 4 rings (SSSR count). The first kappa shape index (κ1) is 20.9. The van der Waals surface area contributed by atoms with E-state index in [2.05, 4.69) is 9.35 Å². The molecule has 7 nitrogen and oxygen atoms in total. The molecule has 1 aliphatic rings. The van der Waals surface area contributed by atoms with Crippen molar-refractivity contribution in [3.05, 3.63) is 84.7 Å². The van der Waals surface area contributed by atoms with Gasteiger partial charge in [-0.1, -0.05) is 36.4 Å². The first-order chi connectivity index (χ1) is 15.2. The minimum Gasteiger partial charge on any atom is -0.546 e. The molecule has 0 spiro atoms. The van der Waals surface area contributed by atoms with E-state index < -0.39 is 10.9 Å². The molecule has 0 N–H and O–H groups in total. The predicted molar refractivity (Wildman–Crippen MR) is 117 cm³/mol. The maximum absolute atomic E-state index is 12.5. The Morgan fingerprint density at radius 2 is 1.71 bits per heavy atom. The number of piperidine rings is 1. The third kappa shape index (κ3) is 5.82. The van der Waals surface area contributed by atoms with Crippen LogP contribution in [-0.4, -0.2) is 29.1 Å². The van der Waals surface area contributed by atoms with Crippen LogP contribution >= 0.6 is 0 Å². The molecule has 1 aliphatic heterocycles. The second kappa shape index (κ2) is 10.1. The number of nitrogens with zero attached hydrogens (tertiary/aromatic N) is 3. The highest BCUT2D eigenvalue weighted by atomic mass is 32.2. The zero-order valence-electron chi connectivity index (χ0n) is 16.8. The number of likely N-dealkylation sites (tertiary alicyclic amines) is 1. The summed E-state index contributed by atoms with van der Waals surface area (Å²) in [5.41, 5.74) is 1.33. The molecular weight excluding hydrogens is 414 g/mol. The van der Waals surface area contributed by atoms with Crippen molar-refractivity contribution in [2.45, 2.75) is 18.8 Å². The summed E-state index contributed by atoms with van der Waals surface area (Å²) in [5, 5.41) is 0. The lowest BCUT2D eigenvalue weighted by molar-refractivity contribution is 0.136. The summed E-state index contributed by atoms with van der Waals surface area (Å²) >= 11 is 0. The first-order valence-corrected chi connectivity index (χ1v) is 11.1. The number of carbonyl (C=O) groups is 1. The maximum atomic E-state index is 12.5. The second-order valence-electron chi connectivity index (χ2n) is 7.11. The average Bonchev–Trinajstić information content (AvgIpc) is 2.81. The van der Waals surface area contributed by atoms with Gasteiger partial charge in [0.05, 0.1) is 11.9 Å². The van der Waals surface area contributed by atoms with Gasteiger partial charge in [0.25, 0.3) is 0 Å². The summed E-state index contributed by atoms with van der Waals surface area (Å²) in [7, 11) is -1.85. The number of rotatable bonds is 5. The lowest BCUT2D eigenvalue weighted by Gasteiger charge is -2.31. The summed E-state index contributed by atoms with van der Waals surface area (Å²) in [5.74, 6) is 1.13. The number of aromatic nitrogens is 1. The Bertz CT molecular complexity index is 1080. The Kier molecular flexibility index (Phi) is 6.78. The van der Waals surface area contributed by atoms with Gasteiger partial charge in [-0.05, 0) is 60.1 Å². The van der Waals surface area contributed by atoms with Gasteiger partial charge in [-0.3, -0.25) is 4.98 Å². The Balaban J connectivity index is 1.37. The van der Waals surface area contributed by atoms with Crippen LogP contribution in [-0.2, 0) is 15.1 Å². The van der Waals surface area contributed by atoms with E-state index in [9.17, 15) is 9.00 Å². The van der Waals surface area contributed by atoms with Crippen molar-refractivity contribution in [1.82, 2.24) is 9.88 Å². The van der Waals surface area contributed by atoms with Crippen molar-refractivity contribution in [2.75, 3.05) is 13.1 Å². The molecule has 1 amide bonds. The molecule has 160 valence electrons. The monoisotopic (exact) mass is 436 g/mol. The number of amides is 1. The SMILES string of the molecule is O=C(Oc1ccccc1)N1CCCC(c2ccc(N=[S-](=O)Oc3ccccc3)cn2)C1. The van der Waals surface area contributed by atoms with Gasteiger partial charge in [0.15, 0.2) is 0 Å².